The molecule has 5 heteroatoms. The number of carbonyl (C=O) groups excluding carboxylic acids is 2. The summed E-state index contributed by atoms with van der Waals surface area (Å²) in [5.41, 5.74) is 3.33. The lowest BCUT2D eigenvalue weighted by molar-refractivity contribution is -0.131. The van der Waals surface area contributed by atoms with Crippen molar-refractivity contribution in [2.75, 3.05) is 0 Å². The molecule has 1 aliphatic rings. The molecule has 5 nitrogen and oxygen atoms in total. The molecule has 1 heterocycles. The highest BCUT2D eigenvalue weighted by atomic mass is 16.5. The summed E-state index contributed by atoms with van der Waals surface area (Å²) in [6.07, 6.45) is 3.65. The largest absolute Gasteiger partial charge is 0.423 e. The van der Waals surface area contributed by atoms with Gasteiger partial charge in [-0.2, -0.15) is 5.10 Å². The van der Waals surface area contributed by atoms with E-state index in [0.717, 1.165) is 11.1 Å². The summed E-state index contributed by atoms with van der Waals surface area (Å²) in [7, 11) is 0. The summed E-state index contributed by atoms with van der Waals surface area (Å²) >= 11 is 0. The van der Waals surface area contributed by atoms with Crippen LogP contribution >= 0.6 is 0 Å². The van der Waals surface area contributed by atoms with E-state index in [1.54, 1.807) is 18.2 Å². The van der Waals surface area contributed by atoms with Crippen molar-refractivity contribution in [2.24, 2.45) is 5.10 Å². The van der Waals surface area contributed by atoms with Crippen molar-refractivity contribution >= 4 is 23.7 Å². The normalized spacial score (nSPS) is 15.7. The molecule has 0 aliphatic carbocycles. The first-order valence-electron chi connectivity index (χ1n) is 10.1. The van der Waals surface area contributed by atoms with Gasteiger partial charge in [-0.1, -0.05) is 72.8 Å². The van der Waals surface area contributed by atoms with Crippen LogP contribution in [0.2, 0.25) is 0 Å². The number of amides is 1. The maximum atomic E-state index is 12.4. The molecule has 3 aromatic rings. The third kappa shape index (κ3) is 4.78. The number of ether oxygens (including phenoxy) is 1. The molecule has 1 atom stereocenters. The number of esters is 1. The highest BCUT2D eigenvalue weighted by molar-refractivity contribution is 6.05. The van der Waals surface area contributed by atoms with Crippen LogP contribution in [0.25, 0.3) is 6.08 Å². The fourth-order valence-electron chi connectivity index (χ4n) is 3.56. The van der Waals surface area contributed by atoms with Crippen LogP contribution in [0.3, 0.4) is 0 Å². The van der Waals surface area contributed by atoms with Gasteiger partial charge in [0.1, 0.15) is 5.75 Å². The SMILES string of the molecule is CC(=O)N1N=C(c2ccccc2OC(=O)C=Cc2ccccc2)CC1c1ccccc1. The Morgan fingerprint density at radius 2 is 1.58 bits per heavy atom. The molecule has 0 bridgehead atoms. The van der Waals surface area contributed by atoms with E-state index in [1.807, 2.05) is 72.8 Å². The summed E-state index contributed by atoms with van der Waals surface area (Å²) in [4.78, 5) is 24.6. The molecule has 0 aromatic heterocycles. The van der Waals surface area contributed by atoms with E-state index < -0.39 is 5.97 Å². The fourth-order valence-corrected chi connectivity index (χ4v) is 3.56. The van der Waals surface area contributed by atoms with Gasteiger partial charge in [0, 0.05) is 25.0 Å². The highest BCUT2D eigenvalue weighted by Gasteiger charge is 2.32. The lowest BCUT2D eigenvalue weighted by Crippen LogP contribution is -2.24. The number of hydrogen-bond acceptors (Lipinski definition) is 4. The topological polar surface area (TPSA) is 59.0 Å². The van der Waals surface area contributed by atoms with Crippen molar-refractivity contribution < 1.29 is 14.3 Å². The Hall–Kier alpha value is -3.99. The number of rotatable bonds is 5. The Bertz CT molecular complexity index is 1140. The first-order valence-corrected chi connectivity index (χ1v) is 10.1. The molecule has 1 aliphatic heterocycles. The molecule has 0 fully saturated rings. The van der Waals surface area contributed by atoms with Crippen molar-refractivity contribution in [2.45, 2.75) is 19.4 Å². The van der Waals surface area contributed by atoms with Crippen molar-refractivity contribution in [3.8, 4) is 5.75 Å². The molecule has 1 unspecified atom stereocenters. The molecule has 0 N–H and O–H groups in total. The fraction of sp³-hybridized carbons (Fsp3) is 0.115. The zero-order chi connectivity index (χ0) is 21.6. The van der Waals surface area contributed by atoms with Gasteiger partial charge in [-0.3, -0.25) is 4.79 Å². The third-order valence-corrected chi connectivity index (χ3v) is 5.04. The van der Waals surface area contributed by atoms with Gasteiger partial charge in [-0.15, -0.1) is 0 Å². The molecule has 0 saturated heterocycles. The van der Waals surface area contributed by atoms with Gasteiger partial charge >= 0.3 is 5.97 Å². The quantitative estimate of drug-likeness (QED) is 0.338. The van der Waals surface area contributed by atoms with Crippen molar-refractivity contribution in [3.63, 3.8) is 0 Å². The molecule has 31 heavy (non-hydrogen) atoms. The van der Waals surface area contributed by atoms with Crippen LogP contribution in [0.4, 0.5) is 0 Å². The molecule has 3 aromatic carbocycles. The van der Waals surface area contributed by atoms with Crippen molar-refractivity contribution in [1.29, 1.82) is 0 Å². The minimum absolute atomic E-state index is 0.135. The lowest BCUT2D eigenvalue weighted by atomic mass is 9.98. The van der Waals surface area contributed by atoms with Gasteiger partial charge in [0.2, 0.25) is 5.91 Å². The molecule has 4 rings (SSSR count). The van der Waals surface area contributed by atoms with E-state index in [1.165, 1.54) is 18.0 Å². The van der Waals surface area contributed by atoms with Crippen LogP contribution in [-0.2, 0) is 9.59 Å². The summed E-state index contributed by atoms with van der Waals surface area (Å²) in [6, 6.07) is 26.4. The second kappa shape index (κ2) is 9.22. The van der Waals surface area contributed by atoms with Crippen LogP contribution in [0, 0.1) is 0 Å². The summed E-state index contributed by atoms with van der Waals surface area (Å²) in [5, 5.41) is 6.07. The molecule has 154 valence electrons. The van der Waals surface area contributed by atoms with Crippen LogP contribution in [0.1, 0.15) is 36.1 Å². The maximum Gasteiger partial charge on any atom is 0.336 e. The van der Waals surface area contributed by atoms with Gasteiger partial charge in [-0.25, -0.2) is 9.80 Å². The number of benzene rings is 3. The molecule has 0 saturated carbocycles. The molecular weight excluding hydrogens is 388 g/mol. The Labute approximate surface area is 181 Å². The maximum absolute atomic E-state index is 12.4. The second-order valence-corrected chi connectivity index (χ2v) is 7.20. The van der Waals surface area contributed by atoms with Crippen LogP contribution in [0.15, 0.2) is 96.1 Å². The monoisotopic (exact) mass is 410 g/mol. The molecule has 1 amide bonds. The van der Waals surface area contributed by atoms with E-state index in [0.29, 0.717) is 23.4 Å². The average Bonchev–Trinajstić information content (AvgIpc) is 3.25. The predicted molar refractivity (Wildman–Crippen MR) is 120 cm³/mol. The number of carbonyl (C=O) groups is 2. The zero-order valence-corrected chi connectivity index (χ0v) is 17.1. The van der Waals surface area contributed by atoms with Crippen LogP contribution in [-0.4, -0.2) is 22.6 Å². The highest BCUT2D eigenvalue weighted by Crippen LogP contribution is 2.34. The number of hydrazone groups is 1. The number of nitrogens with zero attached hydrogens (tertiary/aromatic N) is 2. The minimum Gasteiger partial charge on any atom is -0.423 e. The van der Waals surface area contributed by atoms with Crippen molar-refractivity contribution in [1.82, 2.24) is 5.01 Å². The predicted octanol–water partition coefficient (Wildman–Crippen LogP) is 5.00. The average molecular weight is 410 g/mol. The second-order valence-electron chi connectivity index (χ2n) is 7.20. The Morgan fingerprint density at radius 1 is 0.935 bits per heavy atom. The summed E-state index contributed by atoms with van der Waals surface area (Å²) < 4.78 is 5.61. The molecule has 0 spiro atoms. The summed E-state index contributed by atoms with van der Waals surface area (Å²) in [5.74, 6) is -0.191. The molecular formula is C26H22N2O3. The van der Waals surface area contributed by atoms with Gasteiger partial charge in [0.15, 0.2) is 0 Å². The van der Waals surface area contributed by atoms with Gasteiger partial charge in [0.25, 0.3) is 0 Å². The standard InChI is InChI=1S/C26H22N2O3/c1-19(29)28-24(21-12-6-3-7-13-21)18-23(27-28)22-14-8-9-15-25(22)31-26(30)17-16-20-10-4-2-5-11-20/h2-17,24H,18H2,1H3. The number of hydrogen-bond donors (Lipinski definition) is 0. The van der Waals surface area contributed by atoms with Gasteiger partial charge < -0.3 is 4.74 Å². The van der Waals surface area contributed by atoms with E-state index >= 15 is 0 Å². The van der Waals surface area contributed by atoms with Gasteiger partial charge in [-0.05, 0) is 29.3 Å². The Morgan fingerprint density at radius 3 is 2.29 bits per heavy atom. The molecule has 0 radical (unpaired) electrons. The zero-order valence-electron chi connectivity index (χ0n) is 17.1. The first kappa shape index (κ1) is 20.3. The van der Waals surface area contributed by atoms with E-state index in [4.69, 9.17) is 4.74 Å². The van der Waals surface area contributed by atoms with Gasteiger partial charge in [0.05, 0.1) is 11.8 Å². The number of para-hydroxylation sites is 1. The smallest absolute Gasteiger partial charge is 0.336 e. The van der Waals surface area contributed by atoms with Crippen LogP contribution in [0.5, 0.6) is 5.75 Å². The lowest BCUT2D eigenvalue weighted by Gasteiger charge is -2.20. The first-order chi connectivity index (χ1) is 15.1. The van der Waals surface area contributed by atoms with Crippen molar-refractivity contribution in [3.05, 3.63) is 108 Å². The Kier molecular flexibility index (Phi) is 6.03. The van der Waals surface area contributed by atoms with E-state index in [9.17, 15) is 9.59 Å². The van der Waals surface area contributed by atoms with E-state index in [-0.39, 0.29) is 11.9 Å². The van der Waals surface area contributed by atoms with Crippen LogP contribution < -0.4 is 4.74 Å². The summed E-state index contributed by atoms with van der Waals surface area (Å²) in [6.45, 7) is 1.50. The minimum atomic E-state index is -0.474. The Balaban J connectivity index is 1.56. The van der Waals surface area contributed by atoms with E-state index in [2.05, 4.69) is 5.10 Å². The third-order valence-electron chi connectivity index (χ3n) is 5.04.